The maximum atomic E-state index is 5.01. The van der Waals surface area contributed by atoms with Gasteiger partial charge in [-0.15, -0.1) is 0 Å². The van der Waals surface area contributed by atoms with E-state index in [1.54, 1.807) is 24.8 Å². The minimum Gasteiger partial charge on any atom is -0.265 e. The molecule has 8 aromatic rings. The van der Waals surface area contributed by atoms with E-state index in [-0.39, 0.29) is 0 Å². The van der Waals surface area contributed by atoms with Crippen LogP contribution in [0.5, 0.6) is 0 Å². The van der Waals surface area contributed by atoms with E-state index in [2.05, 4.69) is 137 Å². The first kappa shape index (κ1) is 28.9. The van der Waals surface area contributed by atoms with E-state index in [1.807, 2.05) is 30.3 Å². The Hall–Kier alpha value is -6.52. The summed E-state index contributed by atoms with van der Waals surface area (Å²) in [5, 5.41) is 0. The van der Waals surface area contributed by atoms with Gasteiger partial charge in [-0.25, -0.2) is 9.97 Å². The van der Waals surface area contributed by atoms with Crippen LogP contribution in [0.1, 0.15) is 0 Å². The van der Waals surface area contributed by atoms with Crippen molar-refractivity contribution in [1.29, 1.82) is 0 Å². The van der Waals surface area contributed by atoms with Crippen LogP contribution in [0.15, 0.2) is 183 Å². The number of rotatable bonds is 7. The fourth-order valence-corrected chi connectivity index (χ4v) is 6.02. The van der Waals surface area contributed by atoms with Crippen LogP contribution in [0.4, 0.5) is 0 Å². The van der Waals surface area contributed by atoms with Crippen LogP contribution in [0, 0.1) is 0 Å². The molecule has 0 saturated heterocycles. The Kier molecular flexibility index (Phi) is 7.87. The van der Waals surface area contributed by atoms with Crippen molar-refractivity contribution in [3.63, 3.8) is 0 Å². The standard InChI is InChI=1S/C44H30N4/c1-2-8-31(9-3-1)34-10-4-11-35(26-34)36-12-5-13-37(27-36)38-14-6-15-39(28-38)40-16-7-17-41(29-40)44-47-42(32-18-22-45-23-19-32)30-43(48-44)33-20-24-46-25-21-33/h1-30H. The van der Waals surface area contributed by atoms with Gasteiger partial charge in [-0.05, 0) is 99.1 Å². The van der Waals surface area contributed by atoms with Crippen molar-refractivity contribution in [3.8, 4) is 78.4 Å². The molecule has 3 heterocycles. The average Bonchev–Trinajstić information content (AvgIpc) is 3.19. The highest BCUT2D eigenvalue weighted by Crippen LogP contribution is 2.33. The predicted molar refractivity (Wildman–Crippen MR) is 196 cm³/mol. The maximum absolute atomic E-state index is 5.01. The summed E-state index contributed by atoms with van der Waals surface area (Å²) in [5.41, 5.74) is 14.0. The summed E-state index contributed by atoms with van der Waals surface area (Å²) in [6.07, 6.45) is 7.14. The van der Waals surface area contributed by atoms with Gasteiger partial charge in [0.05, 0.1) is 11.4 Å². The summed E-state index contributed by atoms with van der Waals surface area (Å²) in [5.74, 6) is 0.666. The lowest BCUT2D eigenvalue weighted by molar-refractivity contribution is 1.18. The molecular formula is C44H30N4. The summed E-state index contributed by atoms with van der Waals surface area (Å²) in [7, 11) is 0. The monoisotopic (exact) mass is 614 g/mol. The van der Waals surface area contributed by atoms with Crippen molar-refractivity contribution >= 4 is 0 Å². The number of benzene rings is 5. The van der Waals surface area contributed by atoms with E-state index < -0.39 is 0 Å². The molecule has 0 aliphatic heterocycles. The molecule has 0 unspecified atom stereocenters. The van der Waals surface area contributed by atoms with Crippen LogP contribution >= 0.6 is 0 Å². The first-order valence-electron chi connectivity index (χ1n) is 15.9. The Morgan fingerprint density at radius 1 is 0.250 bits per heavy atom. The summed E-state index contributed by atoms with van der Waals surface area (Å²) >= 11 is 0. The molecule has 4 heteroatoms. The number of hydrogen-bond acceptors (Lipinski definition) is 4. The third-order valence-electron chi connectivity index (χ3n) is 8.49. The minimum absolute atomic E-state index is 0.666. The molecule has 0 saturated carbocycles. The van der Waals surface area contributed by atoms with Gasteiger partial charge in [0.25, 0.3) is 0 Å². The smallest absolute Gasteiger partial charge is 0.160 e. The highest BCUT2D eigenvalue weighted by atomic mass is 14.9. The van der Waals surface area contributed by atoms with Crippen molar-refractivity contribution in [1.82, 2.24) is 19.9 Å². The summed E-state index contributed by atoms with van der Waals surface area (Å²) < 4.78 is 0. The van der Waals surface area contributed by atoms with E-state index in [1.165, 1.54) is 27.8 Å². The fourth-order valence-electron chi connectivity index (χ4n) is 6.02. The summed E-state index contributed by atoms with van der Waals surface area (Å²) in [6, 6.07) is 55.1. The lowest BCUT2D eigenvalue weighted by Gasteiger charge is -2.11. The molecule has 4 nitrogen and oxygen atoms in total. The molecular weight excluding hydrogens is 585 g/mol. The van der Waals surface area contributed by atoms with E-state index in [0.717, 1.165) is 44.8 Å². The molecule has 3 aromatic heterocycles. The third kappa shape index (κ3) is 6.15. The van der Waals surface area contributed by atoms with Gasteiger partial charge in [0.2, 0.25) is 0 Å². The van der Waals surface area contributed by atoms with Gasteiger partial charge in [0.1, 0.15) is 0 Å². The van der Waals surface area contributed by atoms with Gasteiger partial charge in [0, 0.05) is 41.5 Å². The molecule has 0 aliphatic carbocycles. The average molecular weight is 615 g/mol. The second kappa shape index (κ2) is 13.1. The van der Waals surface area contributed by atoms with Crippen LogP contribution in [0.2, 0.25) is 0 Å². The summed E-state index contributed by atoms with van der Waals surface area (Å²) in [4.78, 5) is 18.4. The Bertz CT molecular complexity index is 2280. The van der Waals surface area contributed by atoms with Crippen LogP contribution in [0.3, 0.4) is 0 Å². The second-order valence-corrected chi connectivity index (χ2v) is 11.6. The van der Waals surface area contributed by atoms with Crippen molar-refractivity contribution < 1.29 is 0 Å². The molecule has 0 atom stereocenters. The Balaban J connectivity index is 1.14. The number of pyridine rings is 2. The van der Waals surface area contributed by atoms with Crippen molar-refractivity contribution in [2.24, 2.45) is 0 Å². The van der Waals surface area contributed by atoms with E-state index in [0.29, 0.717) is 5.82 Å². The first-order chi connectivity index (χ1) is 23.8. The zero-order chi connectivity index (χ0) is 32.1. The topological polar surface area (TPSA) is 51.6 Å². The van der Waals surface area contributed by atoms with Gasteiger partial charge in [-0.1, -0.05) is 103 Å². The second-order valence-electron chi connectivity index (χ2n) is 11.6. The molecule has 0 bridgehead atoms. The number of hydrogen-bond donors (Lipinski definition) is 0. The van der Waals surface area contributed by atoms with Crippen molar-refractivity contribution in [2.75, 3.05) is 0 Å². The highest BCUT2D eigenvalue weighted by molar-refractivity contribution is 5.80. The highest BCUT2D eigenvalue weighted by Gasteiger charge is 2.12. The fraction of sp³-hybridized carbons (Fsp3) is 0. The Labute approximate surface area is 280 Å². The zero-order valence-electron chi connectivity index (χ0n) is 26.1. The minimum atomic E-state index is 0.666. The molecule has 0 N–H and O–H groups in total. The predicted octanol–water partition coefficient (Wildman–Crippen LogP) is 10.9. The molecule has 0 fully saturated rings. The Morgan fingerprint density at radius 3 is 1.00 bits per heavy atom. The zero-order valence-corrected chi connectivity index (χ0v) is 26.1. The van der Waals surface area contributed by atoms with Gasteiger partial charge >= 0.3 is 0 Å². The molecule has 0 spiro atoms. The van der Waals surface area contributed by atoms with Crippen LogP contribution in [0.25, 0.3) is 78.4 Å². The van der Waals surface area contributed by atoms with Crippen LogP contribution < -0.4 is 0 Å². The molecule has 48 heavy (non-hydrogen) atoms. The number of nitrogens with zero attached hydrogens (tertiary/aromatic N) is 4. The quantitative estimate of drug-likeness (QED) is 0.179. The van der Waals surface area contributed by atoms with Crippen molar-refractivity contribution in [3.05, 3.63) is 183 Å². The SMILES string of the molecule is c1ccc(-c2cccc(-c3cccc(-c4cccc(-c5cccc(-c6nc(-c7ccncc7)cc(-c7ccncc7)n6)c5)c4)c3)c2)cc1. The summed E-state index contributed by atoms with van der Waals surface area (Å²) in [6.45, 7) is 0. The molecule has 0 aliphatic rings. The van der Waals surface area contributed by atoms with Gasteiger partial charge in [-0.3, -0.25) is 9.97 Å². The molecule has 5 aromatic carbocycles. The third-order valence-corrected chi connectivity index (χ3v) is 8.49. The molecule has 0 amide bonds. The van der Waals surface area contributed by atoms with Crippen LogP contribution in [-0.2, 0) is 0 Å². The van der Waals surface area contributed by atoms with Gasteiger partial charge in [0.15, 0.2) is 5.82 Å². The van der Waals surface area contributed by atoms with Crippen molar-refractivity contribution in [2.45, 2.75) is 0 Å². The van der Waals surface area contributed by atoms with Crippen LogP contribution in [-0.4, -0.2) is 19.9 Å². The van der Waals surface area contributed by atoms with Gasteiger partial charge in [-0.2, -0.15) is 0 Å². The van der Waals surface area contributed by atoms with E-state index >= 15 is 0 Å². The normalized spacial score (nSPS) is 10.9. The molecule has 8 rings (SSSR count). The largest absolute Gasteiger partial charge is 0.265 e. The first-order valence-corrected chi connectivity index (χ1v) is 15.9. The maximum Gasteiger partial charge on any atom is 0.160 e. The number of aromatic nitrogens is 4. The molecule has 0 radical (unpaired) electrons. The Morgan fingerprint density at radius 2 is 0.583 bits per heavy atom. The lowest BCUT2D eigenvalue weighted by Crippen LogP contribution is -1.96. The van der Waals surface area contributed by atoms with Gasteiger partial charge < -0.3 is 0 Å². The lowest BCUT2D eigenvalue weighted by atomic mass is 9.94. The van der Waals surface area contributed by atoms with E-state index in [9.17, 15) is 0 Å². The van der Waals surface area contributed by atoms with E-state index in [4.69, 9.17) is 9.97 Å². The molecule has 226 valence electrons.